The third-order valence-corrected chi connectivity index (χ3v) is 2.17. The van der Waals surface area contributed by atoms with Gasteiger partial charge in [0.15, 0.2) is 0 Å². The van der Waals surface area contributed by atoms with E-state index in [1.165, 1.54) is 0 Å². The second-order valence-electron chi connectivity index (χ2n) is 3.83. The molecular weight excluding hydrogens is 166 g/mol. The number of aliphatic hydroxyl groups is 2. The molecule has 0 fully saturated rings. The Bertz CT molecular complexity index is 259. The van der Waals surface area contributed by atoms with Crippen LogP contribution in [0.25, 0.3) is 0 Å². The van der Waals surface area contributed by atoms with E-state index in [0.717, 1.165) is 5.56 Å². The first-order valence-electron chi connectivity index (χ1n) is 4.27. The van der Waals surface area contributed by atoms with Crippen LogP contribution < -0.4 is 0 Å². The van der Waals surface area contributed by atoms with Gasteiger partial charge in [-0.15, -0.1) is 0 Å². The standard InChI is InChI=1S/C10H15NO2/c1-10(2,7-12)9(13)8-3-5-11-6-4-8/h3-6,9,12-13H,7H2,1-2H3. The van der Waals surface area contributed by atoms with Gasteiger partial charge >= 0.3 is 0 Å². The van der Waals surface area contributed by atoms with Gasteiger partial charge in [-0.05, 0) is 17.7 Å². The molecule has 72 valence electrons. The summed E-state index contributed by atoms with van der Waals surface area (Å²) < 4.78 is 0. The van der Waals surface area contributed by atoms with Gasteiger partial charge in [-0.25, -0.2) is 0 Å². The Hall–Kier alpha value is -0.930. The zero-order valence-electron chi connectivity index (χ0n) is 7.94. The van der Waals surface area contributed by atoms with Crippen molar-refractivity contribution in [3.05, 3.63) is 30.1 Å². The Morgan fingerprint density at radius 1 is 1.38 bits per heavy atom. The second kappa shape index (κ2) is 3.85. The molecule has 0 aliphatic rings. The first-order valence-corrected chi connectivity index (χ1v) is 4.27. The van der Waals surface area contributed by atoms with Crippen molar-refractivity contribution in [1.29, 1.82) is 0 Å². The molecule has 1 unspecified atom stereocenters. The Labute approximate surface area is 78.1 Å². The van der Waals surface area contributed by atoms with Crippen LogP contribution in [-0.2, 0) is 0 Å². The number of aliphatic hydroxyl groups excluding tert-OH is 2. The van der Waals surface area contributed by atoms with Gasteiger partial charge in [-0.3, -0.25) is 4.98 Å². The topological polar surface area (TPSA) is 53.4 Å². The van der Waals surface area contributed by atoms with Crippen LogP contribution in [0.2, 0.25) is 0 Å². The molecule has 2 N–H and O–H groups in total. The summed E-state index contributed by atoms with van der Waals surface area (Å²) in [5.41, 5.74) is 0.274. The van der Waals surface area contributed by atoms with E-state index in [-0.39, 0.29) is 6.61 Å². The van der Waals surface area contributed by atoms with Crippen LogP contribution in [0.4, 0.5) is 0 Å². The molecule has 1 heterocycles. The predicted molar refractivity (Wildman–Crippen MR) is 50.1 cm³/mol. The highest BCUT2D eigenvalue weighted by molar-refractivity contribution is 5.15. The highest BCUT2D eigenvalue weighted by Gasteiger charge is 2.27. The van der Waals surface area contributed by atoms with Crippen LogP contribution in [0.5, 0.6) is 0 Å². The van der Waals surface area contributed by atoms with E-state index < -0.39 is 11.5 Å². The maximum Gasteiger partial charge on any atom is 0.0863 e. The van der Waals surface area contributed by atoms with Crippen LogP contribution in [-0.4, -0.2) is 21.8 Å². The summed E-state index contributed by atoms with van der Waals surface area (Å²) in [7, 11) is 0. The van der Waals surface area contributed by atoms with Crippen molar-refractivity contribution in [3.63, 3.8) is 0 Å². The Balaban J connectivity index is 2.85. The fraction of sp³-hybridized carbons (Fsp3) is 0.500. The second-order valence-corrected chi connectivity index (χ2v) is 3.83. The first kappa shape index (κ1) is 10.2. The molecular formula is C10H15NO2. The molecule has 1 rings (SSSR count). The van der Waals surface area contributed by atoms with Gasteiger partial charge in [0.1, 0.15) is 0 Å². The summed E-state index contributed by atoms with van der Waals surface area (Å²) in [6, 6.07) is 3.50. The average Bonchev–Trinajstić information content (AvgIpc) is 2.18. The molecule has 0 saturated heterocycles. The molecule has 13 heavy (non-hydrogen) atoms. The molecule has 3 nitrogen and oxygen atoms in total. The highest BCUT2D eigenvalue weighted by atomic mass is 16.3. The van der Waals surface area contributed by atoms with E-state index in [4.69, 9.17) is 5.11 Å². The number of pyridine rings is 1. The average molecular weight is 181 g/mol. The van der Waals surface area contributed by atoms with Gasteiger partial charge < -0.3 is 10.2 Å². The van der Waals surface area contributed by atoms with Crippen molar-refractivity contribution in [2.75, 3.05) is 6.61 Å². The van der Waals surface area contributed by atoms with Crippen molar-refractivity contribution in [2.24, 2.45) is 5.41 Å². The fourth-order valence-corrected chi connectivity index (χ4v) is 1.08. The van der Waals surface area contributed by atoms with Gasteiger partial charge in [0.05, 0.1) is 12.7 Å². The minimum atomic E-state index is -0.652. The lowest BCUT2D eigenvalue weighted by molar-refractivity contribution is 0.00633. The Kier molecular flexibility index (Phi) is 3.01. The maximum absolute atomic E-state index is 9.86. The van der Waals surface area contributed by atoms with E-state index in [9.17, 15) is 5.11 Å². The molecule has 0 aliphatic heterocycles. The van der Waals surface area contributed by atoms with E-state index in [1.54, 1.807) is 24.5 Å². The molecule has 0 radical (unpaired) electrons. The van der Waals surface area contributed by atoms with E-state index in [1.807, 2.05) is 13.8 Å². The third kappa shape index (κ3) is 2.26. The van der Waals surface area contributed by atoms with Crippen molar-refractivity contribution in [3.8, 4) is 0 Å². The first-order chi connectivity index (χ1) is 6.08. The monoisotopic (exact) mass is 181 g/mol. The minimum Gasteiger partial charge on any atom is -0.396 e. The number of aromatic nitrogens is 1. The SMILES string of the molecule is CC(C)(CO)C(O)c1ccncc1. The zero-order valence-corrected chi connectivity index (χ0v) is 7.94. The molecule has 1 atom stereocenters. The number of nitrogens with zero attached hydrogens (tertiary/aromatic N) is 1. The summed E-state index contributed by atoms with van der Waals surface area (Å²) in [6.07, 6.45) is 2.61. The summed E-state index contributed by atoms with van der Waals surface area (Å²) in [5, 5.41) is 18.9. The van der Waals surface area contributed by atoms with E-state index in [0.29, 0.717) is 0 Å². The molecule has 3 heteroatoms. The summed E-state index contributed by atoms with van der Waals surface area (Å²) in [5.74, 6) is 0. The molecule has 0 saturated carbocycles. The highest BCUT2D eigenvalue weighted by Crippen LogP contribution is 2.31. The van der Waals surface area contributed by atoms with Crippen LogP contribution >= 0.6 is 0 Å². The van der Waals surface area contributed by atoms with Crippen LogP contribution in [0.1, 0.15) is 25.5 Å². The molecule has 0 spiro atoms. The number of hydrogen-bond acceptors (Lipinski definition) is 3. The number of rotatable bonds is 3. The van der Waals surface area contributed by atoms with E-state index in [2.05, 4.69) is 4.98 Å². The van der Waals surface area contributed by atoms with Gasteiger partial charge in [-0.2, -0.15) is 0 Å². The Morgan fingerprint density at radius 2 is 1.92 bits per heavy atom. The molecule has 1 aromatic heterocycles. The van der Waals surface area contributed by atoms with Crippen molar-refractivity contribution >= 4 is 0 Å². The summed E-state index contributed by atoms with van der Waals surface area (Å²) >= 11 is 0. The minimum absolute atomic E-state index is 0.0451. The van der Waals surface area contributed by atoms with Crippen molar-refractivity contribution in [2.45, 2.75) is 20.0 Å². The largest absolute Gasteiger partial charge is 0.396 e. The van der Waals surface area contributed by atoms with Crippen LogP contribution in [0.15, 0.2) is 24.5 Å². The summed E-state index contributed by atoms with van der Waals surface area (Å²) in [4.78, 5) is 3.86. The fourth-order valence-electron chi connectivity index (χ4n) is 1.08. The van der Waals surface area contributed by atoms with Gasteiger partial charge in [0.2, 0.25) is 0 Å². The van der Waals surface area contributed by atoms with Gasteiger partial charge in [0.25, 0.3) is 0 Å². The van der Waals surface area contributed by atoms with Crippen LogP contribution in [0, 0.1) is 5.41 Å². The quantitative estimate of drug-likeness (QED) is 0.735. The van der Waals surface area contributed by atoms with E-state index >= 15 is 0 Å². The predicted octanol–water partition coefficient (Wildman–Crippen LogP) is 1.13. The number of hydrogen-bond donors (Lipinski definition) is 2. The van der Waals surface area contributed by atoms with Crippen LogP contribution in [0.3, 0.4) is 0 Å². The lowest BCUT2D eigenvalue weighted by atomic mass is 9.84. The summed E-state index contributed by atoms with van der Waals surface area (Å²) in [6.45, 7) is 3.59. The normalized spacial score (nSPS) is 14.2. The molecule has 0 aromatic carbocycles. The Morgan fingerprint density at radius 3 is 2.38 bits per heavy atom. The molecule has 0 bridgehead atoms. The molecule has 1 aromatic rings. The maximum atomic E-state index is 9.86. The smallest absolute Gasteiger partial charge is 0.0863 e. The van der Waals surface area contributed by atoms with Crippen molar-refractivity contribution < 1.29 is 10.2 Å². The van der Waals surface area contributed by atoms with Gasteiger partial charge in [0, 0.05) is 17.8 Å². The molecule has 0 amide bonds. The lowest BCUT2D eigenvalue weighted by Crippen LogP contribution is -2.25. The van der Waals surface area contributed by atoms with Gasteiger partial charge in [-0.1, -0.05) is 13.8 Å². The zero-order chi connectivity index (χ0) is 9.90. The third-order valence-electron chi connectivity index (χ3n) is 2.17. The molecule has 0 aliphatic carbocycles. The van der Waals surface area contributed by atoms with Crippen molar-refractivity contribution in [1.82, 2.24) is 4.98 Å². The lowest BCUT2D eigenvalue weighted by Gasteiger charge is -2.28.